The maximum Gasteiger partial charge on any atom is 0.264 e. The molecule has 1 saturated heterocycles. The van der Waals surface area contributed by atoms with E-state index in [-0.39, 0.29) is 36.3 Å². The molecule has 66 heavy (non-hydrogen) atoms. The maximum absolute atomic E-state index is 13.2. The smallest absolute Gasteiger partial charge is 0.264 e. The van der Waals surface area contributed by atoms with Gasteiger partial charge in [0.25, 0.3) is 11.8 Å². The van der Waals surface area contributed by atoms with Gasteiger partial charge in [-0.25, -0.2) is 0 Å². The van der Waals surface area contributed by atoms with Crippen LogP contribution in [0.4, 0.5) is 5.69 Å². The van der Waals surface area contributed by atoms with Gasteiger partial charge in [0, 0.05) is 25.7 Å². The Bertz CT molecular complexity index is 2250. The van der Waals surface area contributed by atoms with Gasteiger partial charge in [-0.3, -0.25) is 34.2 Å². The molecule has 15 heteroatoms. The molecule has 5 amide bonds. The second-order valence-electron chi connectivity index (χ2n) is 15.5. The molecule has 1 unspecified atom stereocenters. The van der Waals surface area contributed by atoms with Crippen LogP contribution in [-0.2, 0) is 38.1 Å². The van der Waals surface area contributed by atoms with Crippen LogP contribution in [0, 0.1) is 0 Å². The van der Waals surface area contributed by atoms with Crippen LogP contribution in [0.3, 0.4) is 0 Å². The number of imide groups is 2. The minimum absolute atomic E-state index is 0.0215. The molecule has 0 aromatic heterocycles. The van der Waals surface area contributed by atoms with Crippen molar-refractivity contribution < 1.29 is 52.4 Å². The summed E-state index contributed by atoms with van der Waals surface area (Å²) in [6, 6.07) is 33.0. The van der Waals surface area contributed by atoms with Crippen LogP contribution in [0.5, 0.6) is 5.75 Å². The van der Waals surface area contributed by atoms with E-state index in [2.05, 4.69) is 78.2 Å². The second-order valence-corrected chi connectivity index (χ2v) is 15.5. The Hall–Kier alpha value is -6.23. The summed E-state index contributed by atoms with van der Waals surface area (Å²) in [4.78, 5) is 65.4. The van der Waals surface area contributed by atoms with E-state index in [1.807, 2.05) is 24.3 Å². The van der Waals surface area contributed by atoms with Crippen molar-refractivity contribution in [2.45, 2.75) is 38.6 Å². The number of rotatable bonds is 28. The number of piperidine rings is 1. The number of amides is 5. The third-order valence-electron chi connectivity index (χ3n) is 11.1. The van der Waals surface area contributed by atoms with E-state index in [0.717, 1.165) is 22.6 Å². The van der Waals surface area contributed by atoms with Crippen molar-refractivity contribution in [2.24, 2.45) is 0 Å². The van der Waals surface area contributed by atoms with Crippen molar-refractivity contribution in [1.29, 1.82) is 0 Å². The van der Waals surface area contributed by atoms with Crippen molar-refractivity contribution in [3.8, 4) is 5.75 Å². The number of carbonyl (C=O) groups excluding carboxylic acids is 5. The molecule has 0 spiro atoms. The molecule has 2 aliphatic heterocycles. The minimum atomic E-state index is -1.02. The van der Waals surface area contributed by atoms with E-state index < -0.39 is 29.7 Å². The van der Waals surface area contributed by atoms with E-state index in [0.29, 0.717) is 91.5 Å². The number of likely N-dealkylation sites (N-methyl/N-ethyl adjacent to an activating group) is 1. The van der Waals surface area contributed by atoms with Crippen molar-refractivity contribution in [2.75, 3.05) is 98.1 Å². The lowest BCUT2D eigenvalue weighted by atomic mass is 9.88. The lowest BCUT2D eigenvalue weighted by Gasteiger charge is -2.27. The van der Waals surface area contributed by atoms with E-state index >= 15 is 0 Å². The molecule has 4 aromatic rings. The lowest BCUT2D eigenvalue weighted by molar-refractivity contribution is -0.136. The van der Waals surface area contributed by atoms with Crippen LogP contribution in [0.15, 0.2) is 103 Å². The van der Waals surface area contributed by atoms with Crippen LogP contribution in [0.1, 0.15) is 70.0 Å². The average Bonchev–Trinajstić information content (AvgIpc) is 3.59. The standard InChI is InChI=1S/C51H60N4O11/c1-3-41(37-11-6-4-7-12-37)47(38-13-8-5-9-14-38)39-17-19-40(20-18-39)66-28-25-54(2)46(57)23-26-61-29-31-63-33-35-65-36-34-64-32-30-62-27-24-52-43-16-10-15-42-48(43)51(60)55(50(42)59)44-21-22-45(56)53-49(44)58/h4-20,44,52H,3,21-36H2,1-2H3,(H,53,56,58)/b47-41-. The maximum atomic E-state index is 13.2. The molecule has 1 atom stereocenters. The number of nitrogens with zero attached hydrogens (tertiary/aromatic N) is 2. The molecule has 4 aromatic carbocycles. The monoisotopic (exact) mass is 904 g/mol. The van der Waals surface area contributed by atoms with E-state index in [1.54, 1.807) is 30.1 Å². The first kappa shape index (κ1) is 49.2. The highest BCUT2D eigenvalue weighted by Gasteiger charge is 2.45. The highest BCUT2D eigenvalue weighted by Crippen LogP contribution is 2.35. The van der Waals surface area contributed by atoms with Gasteiger partial charge in [-0.2, -0.15) is 0 Å². The Morgan fingerprint density at radius 3 is 1.85 bits per heavy atom. The molecule has 0 bridgehead atoms. The Balaban J connectivity index is 0.743. The first-order valence-electron chi connectivity index (χ1n) is 22.5. The number of hydrogen-bond acceptors (Lipinski definition) is 12. The Kier molecular flexibility index (Phi) is 19.4. The van der Waals surface area contributed by atoms with Gasteiger partial charge >= 0.3 is 0 Å². The number of hydrogen-bond donors (Lipinski definition) is 2. The zero-order valence-electron chi connectivity index (χ0n) is 37.8. The number of fused-ring (bicyclic) bond motifs is 1. The zero-order valence-corrected chi connectivity index (χ0v) is 37.8. The van der Waals surface area contributed by atoms with Crippen LogP contribution in [0.2, 0.25) is 0 Å². The van der Waals surface area contributed by atoms with Gasteiger partial charge < -0.3 is 38.6 Å². The Morgan fingerprint density at radius 1 is 0.667 bits per heavy atom. The van der Waals surface area contributed by atoms with Crippen LogP contribution < -0.4 is 15.4 Å². The lowest BCUT2D eigenvalue weighted by Crippen LogP contribution is -2.54. The van der Waals surface area contributed by atoms with Crippen molar-refractivity contribution in [1.82, 2.24) is 15.1 Å². The Labute approximate surface area is 386 Å². The number of benzene rings is 4. The molecule has 0 aliphatic carbocycles. The average molecular weight is 905 g/mol. The number of anilines is 1. The van der Waals surface area contributed by atoms with Crippen LogP contribution in [0.25, 0.3) is 11.1 Å². The molecule has 15 nitrogen and oxygen atoms in total. The number of ether oxygens (including phenoxy) is 6. The third kappa shape index (κ3) is 13.9. The summed E-state index contributed by atoms with van der Waals surface area (Å²) >= 11 is 0. The quantitative estimate of drug-likeness (QED) is 0.0395. The van der Waals surface area contributed by atoms with Crippen molar-refractivity contribution in [3.63, 3.8) is 0 Å². The molecule has 1 fully saturated rings. The van der Waals surface area contributed by atoms with Crippen LogP contribution >= 0.6 is 0 Å². The van der Waals surface area contributed by atoms with Gasteiger partial charge in [-0.05, 0) is 64.9 Å². The van der Waals surface area contributed by atoms with E-state index in [1.165, 1.54) is 22.3 Å². The first-order valence-corrected chi connectivity index (χ1v) is 22.5. The van der Waals surface area contributed by atoms with Crippen LogP contribution in [-0.4, -0.2) is 138 Å². The van der Waals surface area contributed by atoms with Gasteiger partial charge in [0.2, 0.25) is 17.7 Å². The highest BCUT2D eigenvalue weighted by molar-refractivity contribution is 6.25. The molecular weight excluding hydrogens is 845 g/mol. The topological polar surface area (TPSA) is 171 Å². The Morgan fingerprint density at radius 2 is 1.24 bits per heavy atom. The molecule has 2 heterocycles. The highest BCUT2D eigenvalue weighted by atomic mass is 16.6. The molecule has 350 valence electrons. The summed E-state index contributed by atoms with van der Waals surface area (Å²) in [5.41, 5.74) is 6.86. The summed E-state index contributed by atoms with van der Waals surface area (Å²) < 4.78 is 33.9. The van der Waals surface area contributed by atoms with Gasteiger partial charge in [0.15, 0.2) is 0 Å². The first-order chi connectivity index (χ1) is 32.3. The number of nitrogens with one attached hydrogen (secondary N) is 2. The molecule has 6 rings (SSSR count). The van der Waals surface area contributed by atoms with Gasteiger partial charge in [-0.15, -0.1) is 0 Å². The fourth-order valence-electron chi connectivity index (χ4n) is 7.68. The second kappa shape index (κ2) is 26.1. The molecule has 0 saturated carbocycles. The largest absolute Gasteiger partial charge is 0.492 e. The minimum Gasteiger partial charge on any atom is -0.492 e. The van der Waals surface area contributed by atoms with Gasteiger partial charge in [0.1, 0.15) is 18.4 Å². The summed E-state index contributed by atoms with van der Waals surface area (Å²) in [5, 5.41) is 5.34. The number of allylic oxidation sites excluding steroid dienone is 1. The predicted molar refractivity (Wildman–Crippen MR) is 249 cm³/mol. The zero-order chi connectivity index (χ0) is 46.5. The molecule has 2 aliphatic rings. The SMILES string of the molecule is CC/C(=C(\c1ccccc1)c1ccc(OCCN(C)C(=O)CCOCCOCCOCCOCCOCCNc2cccc3c2C(=O)N(C2CCC(=O)NC2=O)C3=O)cc1)c1ccccc1. The summed E-state index contributed by atoms with van der Waals surface area (Å²) in [6.07, 6.45) is 1.31. The predicted octanol–water partition coefficient (Wildman–Crippen LogP) is 5.88. The van der Waals surface area contributed by atoms with Gasteiger partial charge in [-0.1, -0.05) is 85.8 Å². The summed E-state index contributed by atoms with van der Waals surface area (Å²) in [6.45, 7) is 7.11. The summed E-state index contributed by atoms with van der Waals surface area (Å²) in [5.74, 6) is -1.46. The van der Waals surface area contributed by atoms with E-state index in [4.69, 9.17) is 28.4 Å². The fourth-order valence-corrected chi connectivity index (χ4v) is 7.68. The normalized spacial score (nSPS) is 15.1. The fraction of sp³-hybridized carbons (Fsp3) is 0.392. The molecule has 0 radical (unpaired) electrons. The molecule has 2 N–H and O–H groups in total. The van der Waals surface area contributed by atoms with Crippen molar-refractivity contribution in [3.05, 3.63) is 131 Å². The van der Waals surface area contributed by atoms with E-state index in [9.17, 15) is 24.0 Å². The molecular formula is C51H60N4O11. The number of carbonyl (C=O) groups is 5. The van der Waals surface area contributed by atoms with Crippen molar-refractivity contribution >= 4 is 46.4 Å². The third-order valence-corrected chi connectivity index (χ3v) is 11.1. The summed E-state index contributed by atoms with van der Waals surface area (Å²) in [7, 11) is 1.76. The van der Waals surface area contributed by atoms with Gasteiger partial charge in [0.05, 0.1) is 90.2 Å².